The van der Waals surface area contributed by atoms with Crippen molar-refractivity contribution in [1.29, 1.82) is 0 Å². The third kappa shape index (κ3) is 2.82. The van der Waals surface area contributed by atoms with Crippen LogP contribution >= 0.6 is 0 Å². The molecule has 0 fully saturated rings. The Balaban J connectivity index is 1.74. The molecule has 0 saturated carbocycles. The number of benzene rings is 1. The number of anilines is 1. The van der Waals surface area contributed by atoms with Gasteiger partial charge in [-0.15, -0.1) is 0 Å². The highest BCUT2D eigenvalue weighted by Crippen LogP contribution is 2.43. The maximum Gasteiger partial charge on any atom is 0.243 e. The topological polar surface area (TPSA) is 98.7 Å². The summed E-state index contributed by atoms with van der Waals surface area (Å²) in [6.07, 6.45) is 5.50. The molecule has 0 spiro atoms. The minimum atomic E-state index is -0.166. The zero-order valence-electron chi connectivity index (χ0n) is 16.7. The summed E-state index contributed by atoms with van der Waals surface area (Å²) in [7, 11) is 0. The smallest absolute Gasteiger partial charge is 0.243 e. The summed E-state index contributed by atoms with van der Waals surface area (Å²) in [6.45, 7) is 6.34. The van der Waals surface area contributed by atoms with Gasteiger partial charge in [0.1, 0.15) is 17.8 Å². The number of hydrogen-bond donors (Lipinski definition) is 2. The first kappa shape index (κ1) is 18.3. The largest absolute Gasteiger partial charge is 0.383 e. The Labute approximate surface area is 173 Å². The lowest BCUT2D eigenvalue weighted by molar-refractivity contribution is -0.117. The van der Waals surface area contributed by atoms with Crippen molar-refractivity contribution < 1.29 is 4.79 Å². The highest BCUT2D eigenvalue weighted by atomic mass is 16.1. The summed E-state index contributed by atoms with van der Waals surface area (Å²) in [4.78, 5) is 25.3. The van der Waals surface area contributed by atoms with Crippen molar-refractivity contribution >= 4 is 33.7 Å². The Kier molecular flexibility index (Phi) is 4.24. The molecule has 7 nitrogen and oxygen atoms in total. The number of para-hydroxylation sites is 1. The van der Waals surface area contributed by atoms with Crippen LogP contribution in [-0.2, 0) is 11.3 Å². The molecule has 5 rings (SSSR count). The number of nitrogens with one attached hydrogen (secondary N) is 1. The minimum Gasteiger partial charge on any atom is -0.383 e. The molecular formula is C23H22N6O. The van der Waals surface area contributed by atoms with E-state index in [-0.39, 0.29) is 17.9 Å². The molecule has 7 heteroatoms. The van der Waals surface area contributed by atoms with E-state index in [4.69, 9.17) is 5.73 Å². The first-order chi connectivity index (χ1) is 14.6. The quantitative estimate of drug-likeness (QED) is 0.515. The van der Waals surface area contributed by atoms with E-state index in [0.29, 0.717) is 12.4 Å². The van der Waals surface area contributed by atoms with Crippen LogP contribution in [0.15, 0.2) is 55.5 Å². The number of hydrogen-bond acceptors (Lipinski definition) is 5. The minimum absolute atomic E-state index is 0.00707. The summed E-state index contributed by atoms with van der Waals surface area (Å²) in [5.41, 5.74) is 11.2. The van der Waals surface area contributed by atoms with E-state index >= 15 is 0 Å². The molecule has 3 aromatic heterocycles. The van der Waals surface area contributed by atoms with Gasteiger partial charge >= 0.3 is 0 Å². The Morgan fingerprint density at radius 2 is 2.13 bits per heavy atom. The zero-order valence-corrected chi connectivity index (χ0v) is 16.7. The van der Waals surface area contributed by atoms with Gasteiger partial charge < -0.3 is 15.6 Å². The van der Waals surface area contributed by atoms with Gasteiger partial charge in [0.15, 0.2) is 0 Å². The van der Waals surface area contributed by atoms with Crippen molar-refractivity contribution in [2.75, 3.05) is 5.73 Å². The van der Waals surface area contributed by atoms with E-state index in [0.717, 1.165) is 45.2 Å². The number of nitrogen functional groups attached to an aromatic ring is 1. The van der Waals surface area contributed by atoms with Crippen LogP contribution in [-0.4, -0.2) is 31.5 Å². The van der Waals surface area contributed by atoms with Crippen LogP contribution in [0.5, 0.6) is 0 Å². The Hall–Kier alpha value is -3.74. The predicted octanol–water partition coefficient (Wildman–Crippen LogP) is 3.41. The van der Waals surface area contributed by atoms with Crippen molar-refractivity contribution in [2.45, 2.75) is 31.8 Å². The Morgan fingerprint density at radius 3 is 2.97 bits per heavy atom. The normalized spacial score (nSPS) is 18.3. The van der Waals surface area contributed by atoms with Gasteiger partial charge in [-0.3, -0.25) is 9.78 Å². The third-order valence-corrected chi connectivity index (χ3v) is 5.83. The molecule has 0 saturated heterocycles. The summed E-state index contributed by atoms with van der Waals surface area (Å²) in [5.74, 6) is 0.466. The fraction of sp³-hybridized carbons (Fsp3) is 0.217. The first-order valence-electron chi connectivity index (χ1n) is 9.97. The van der Waals surface area contributed by atoms with Crippen LogP contribution in [0.25, 0.3) is 33.1 Å². The SMILES string of the molecule is C=CC(=O)NC1C[C@@H](C)c2c(-c3cnc4ccccc4c3)c3c(N)ncnc3n2C1. The lowest BCUT2D eigenvalue weighted by Gasteiger charge is -2.30. The highest BCUT2D eigenvalue weighted by Gasteiger charge is 2.32. The van der Waals surface area contributed by atoms with Crippen molar-refractivity contribution in [2.24, 2.45) is 0 Å². The molecule has 1 aromatic carbocycles. The van der Waals surface area contributed by atoms with Gasteiger partial charge in [-0.1, -0.05) is 31.7 Å². The maximum absolute atomic E-state index is 11.9. The zero-order chi connectivity index (χ0) is 20.8. The number of carbonyl (C=O) groups is 1. The number of fused-ring (bicyclic) bond motifs is 4. The van der Waals surface area contributed by atoms with E-state index in [1.807, 2.05) is 24.4 Å². The predicted molar refractivity (Wildman–Crippen MR) is 118 cm³/mol. The number of rotatable bonds is 3. The van der Waals surface area contributed by atoms with Gasteiger partial charge in [-0.2, -0.15) is 0 Å². The van der Waals surface area contributed by atoms with Crippen LogP contribution in [0.4, 0.5) is 5.82 Å². The van der Waals surface area contributed by atoms with Crippen molar-refractivity contribution in [3.05, 3.63) is 61.2 Å². The second kappa shape index (κ2) is 6.95. The maximum atomic E-state index is 11.9. The number of amides is 1. The monoisotopic (exact) mass is 398 g/mol. The molecule has 1 aliphatic heterocycles. The van der Waals surface area contributed by atoms with E-state index in [1.165, 1.54) is 12.4 Å². The molecule has 30 heavy (non-hydrogen) atoms. The van der Waals surface area contributed by atoms with Crippen LogP contribution in [0.3, 0.4) is 0 Å². The molecule has 0 bridgehead atoms. The fourth-order valence-corrected chi connectivity index (χ4v) is 4.61. The van der Waals surface area contributed by atoms with Gasteiger partial charge in [0, 0.05) is 41.0 Å². The molecule has 1 unspecified atom stereocenters. The van der Waals surface area contributed by atoms with E-state index in [1.54, 1.807) is 0 Å². The molecule has 0 radical (unpaired) electrons. The molecule has 3 N–H and O–H groups in total. The third-order valence-electron chi connectivity index (χ3n) is 5.83. The molecule has 0 aliphatic carbocycles. The van der Waals surface area contributed by atoms with E-state index in [2.05, 4.69) is 50.5 Å². The van der Waals surface area contributed by atoms with Gasteiger partial charge in [0.05, 0.1) is 10.9 Å². The van der Waals surface area contributed by atoms with E-state index in [9.17, 15) is 4.79 Å². The number of carbonyl (C=O) groups excluding carboxylic acids is 1. The standard InChI is InChI=1S/C23H22N6O/c1-3-18(30)28-16-8-13(2)21-19(15-9-14-6-4-5-7-17(14)25-10-15)20-22(24)26-12-27-23(20)29(21)11-16/h3-7,9-10,12-13,16H,1,8,11H2,2H3,(H,28,30)(H2,24,26,27)/t13-,16?/m1/s1. The number of pyridine rings is 1. The lowest BCUT2D eigenvalue weighted by atomic mass is 9.89. The summed E-state index contributed by atoms with van der Waals surface area (Å²) in [5, 5.41) is 4.94. The van der Waals surface area contributed by atoms with Crippen molar-refractivity contribution in [3.8, 4) is 11.1 Å². The van der Waals surface area contributed by atoms with Crippen LogP contribution < -0.4 is 11.1 Å². The average molecular weight is 398 g/mol. The second-order valence-corrected chi connectivity index (χ2v) is 7.79. The van der Waals surface area contributed by atoms with Crippen LogP contribution in [0.1, 0.15) is 25.0 Å². The molecular weight excluding hydrogens is 376 g/mol. The van der Waals surface area contributed by atoms with E-state index < -0.39 is 0 Å². The van der Waals surface area contributed by atoms with Crippen LogP contribution in [0, 0.1) is 0 Å². The van der Waals surface area contributed by atoms with Gasteiger partial charge in [-0.25, -0.2) is 9.97 Å². The molecule has 4 heterocycles. The highest BCUT2D eigenvalue weighted by molar-refractivity contribution is 6.03. The first-order valence-corrected chi connectivity index (χ1v) is 9.97. The van der Waals surface area contributed by atoms with Gasteiger partial charge in [0.25, 0.3) is 0 Å². The average Bonchev–Trinajstić information content (AvgIpc) is 3.09. The van der Waals surface area contributed by atoms with Crippen molar-refractivity contribution in [3.63, 3.8) is 0 Å². The summed E-state index contributed by atoms with van der Waals surface area (Å²) in [6, 6.07) is 10.2. The fourth-order valence-electron chi connectivity index (χ4n) is 4.61. The van der Waals surface area contributed by atoms with Crippen LogP contribution in [0.2, 0.25) is 0 Å². The Bertz CT molecular complexity index is 1310. The lowest BCUT2D eigenvalue weighted by Crippen LogP contribution is -2.41. The molecule has 1 aliphatic rings. The molecule has 4 aromatic rings. The van der Waals surface area contributed by atoms with Gasteiger partial charge in [-0.05, 0) is 30.5 Å². The summed E-state index contributed by atoms with van der Waals surface area (Å²) >= 11 is 0. The Morgan fingerprint density at radius 1 is 1.30 bits per heavy atom. The molecule has 2 atom stereocenters. The summed E-state index contributed by atoms with van der Waals surface area (Å²) < 4.78 is 2.17. The number of nitrogens with zero attached hydrogens (tertiary/aromatic N) is 4. The number of nitrogens with two attached hydrogens (primary N) is 1. The van der Waals surface area contributed by atoms with Gasteiger partial charge in [0.2, 0.25) is 5.91 Å². The van der Waals surface area contributed by atoms with Crippen molar-refractivity contribution in [1.82, 2.24) is 24.8 Å². The number of aromatic nitrogens is 4. The second-order valence-electron chi connectivity index (χ2n) is 7.79. The molecule has 1 amide bonds. The molecule has 150 valence electrons.